The largest absolute Gasteiger partial charge is 0.493 e. The number of aryl methyl sites for hydroxylation is 1. The third-order valence-corrected chi connectivity index (χ3v) is 5.58. The molecule has 0 aliphatic heterocycles. The Hall–Kier alpha value is -2.20. The van der Waals surface area contributed by atoms with Gasteiger partial charge in [0.2, 0.25) is 0 Å². The summed E-state index contributed by atoms with van der Waals surface area (Å²) in [5.41, 5.74) is 3.39. The highest BCUT2D eigenvalue weighted by Crippen LogP contribution is 2.30. The molecule has 0 amide bonds. The van der Waals surface area contributed by atoms with Gasteiger partial charge in [-0.15, -0.1) is 0 Å². The number of halogens is 2. The van der Waals surface area contributed by atoms with Crippen LogP contribution < -0.4 is 14.8 Å². The van der Waals surface area contributed by atoms with Gasteiger partial charge in [0.1, 0.15) is 6.61 Å². The highest BCUT2D eigenvalue weighted by atomic mass is 35.5. The molecule has 0 radical (unpaired) electrons. The van der Waals surface area contributed by atoms with E-state index in [4.69, 9.17) is 32.7 Å². The lowest BCUT2D eigenvalue weighted by atomic mass is 10.1. The monoisotopic (exact) mass is 443 g/mol. The maximum absolute atomic E-state index is 6.23. The van der Waals surface area contributed by atoms with Crippen LogP contribution in [0.3, 0.4) is 0 Å². The fraction of sp³-hybridized carbons (Fsp3) is 0.280. The second-order valence-electron chi connectivity index (χ2n) is 7.32. The van der Waals surface area contributed by atoms with Gasteiger partial charge >= 0.3 is 0 Å². The average Bonchev–Trinajstić information content (AvgIpc) is 2.76. The van der Waals surface area contributed by atoms with Crippen molar-refractivity contribution in [3.8, 4) is 11.5 Å². The molecule has 0 saturated heterocycles. The molecule has 0 bridgehead atoms. The molecule has 158 valence electrons. The quantitative estimate of drug-likeness (QED) is 0.378. The second kappa shape index (κ2) is 11.3. The van der Waals surface area contributed by atoms with Gasteiger partial charge in [0, 0.05) is 28.2 Å². The van der Waals surface area contributed by atoms with Crippen LogP contribution in [0.2, 0.25) is 10.0 Å². The fourth-order valence-corrected chi connectivity index (χ4v) is 3.62. The Bertz CT molecular complexity index is 947. The van der Waals surface area contributed by atoms with E-state index in [9.17, 15) is 0 Å². The molecule has 1 atom stereocenters. The molecule has 0 saturated carbocycles. The number of hydrogen-bond acceptors (Lipinski definition) is 3. The minimum absolute atomic E-state index is 0.348. The summed E-state index contributed by atoms with van der Waals surface area (Å²) in [7, 11) is 1.65. The van der Waals surface area contributed by atoms with Crippen molar-refractivity contribution in [3.63, 3.8) is 0 Å². The van der Waals surface area contributed by atoms with E-state index in [1.165, 1.54) is 5.56 Å². The number of benzene rings is 3. The number of hydrogen-bond donors (Lipinski definition) is 1. The lowest BCUT2D eigenvalue weighted by Gasteiger charge is -2.16. The number of methoxy groups -OCH3 is 1. The molecule has 3 aromatic rings. The van der Waals surface area contributed by atoms with Gasteiger partial charge in [-0.1, -0.05) is 65.7 Å². The summed E-state index contributed by atoms with van der Waals surface area (Å²) in [4.78, 5) is 0. The van der Waals surface area contributed by atoms with Gasteiger partial charge in [-0.25, -0.2) is 0 Å². The molecule has 1 N–H and O–H groups in total. The number of nitrogens with one attached hydrogen (secondary N) is 1. The molecule has 3 aromatic carbocycles. The topological polar surface area (TPSA) is 30.5 Å². The molecule has 30 heavy (non-hydrogen) atoms. The van der Waals surface area contributed by atoms with E-state index in [-0.39, 0.29) is 0 Å². The average molecular weight is 444 g/mol. The van der Waals surface area contributed by atoms with Gasteiger partial charge in [0.25, 0.3) is 0 Å². The highest BCUT2D eigenvalue weighted by Gasteiger charge is 2.09. The molecule has 0 aromatic heterocycles. The molecule has 0 spiro atoms. The Morgan fingerprint density at radius 1 is 0.900 bits per heavy atom. The number of ether oxygens (including phenoxy) is 2. The Morgan fingerprint density at radius 2 is 1.70 bits per heavy atom. The molecule has 3 rings (SSSR count). The van der Waals surface area contributed by atoms with Crippen LogP contribution in [0.4, 0.5) is 0 Å². The van der Waals surface area contributed by atoms with Crippen LogP contribution in [0.5, 0.6) is 11.5 Å². The number of rotatable bonds is 10. The zero-order valence-electron chi connectivity index (χ0n) is 17.3. The zero-order chi connectivity index (χ0) is 21.3. The van der Waals surface area contributed by atoms with E-state index < -0.39 is 0 Å². The SMILES string of the molecule is COc1cc(CN[C@@H](C)CCc2ccccc2)ccc1OCc1ccc(Cl)cc1Cl. The molecular formula is C25H27Cl2NO2. The minimum Gasteiger partial charge on any atom is -0.493 e. The molecule has 0 aliphatic carbocycles. The first kappa shape index (κ1) is 22.5. The van der Waals surface area contributed by atoms with E-state index in [1.54, 1.807) is 19.2 Å². The summed E-state index contributed by atoms with van der Waals surface area (Å²) in [5, 5.41) is 4.78. The van der Waals surface area contributed by atoms with Gasteiger partial charge in [0.05, 0.1) is 7.11 Å². The Morgan fingerprint density at radius 3 is 2.43 bits per heavy atom. The molecular weight excluding hydrogens is 417 g/mol. The maximum Gasteiger partial charge on any atom is 0.161 e. The van der Waals surface area contributed by atoms with Gasteiger partial charge in [-0.05, 0) is 55.2 Å². The van der Waals surface area contributed by atoms with Crippen LogP contribution in [-0.4, -0.2) is 13.2 Å². The van der Waals surface area contributed by atoms with Gasteiger partial charge < -0.3 is 14.8 Å². The predicted molar refractivity (Wildman–Crippen MR) is 125 cm³/mol. The molecule has 5 heteroatoms. The minimum atomic E-state index is 0.348. The summed E-state index contributed by atoms with van der Waals surface area (Å²) in [5.74, 6) is 1.39. The first-order valence-electron chi connectivity index (χ1n) is 10.1. The van der Waals surface area contributed by atoms with E-state index in [1.807, 2.05) is 18.2 Å². The van der Waals surface area contributed by atoms with Gasteiger partial charge in [-0.3, -0.25) is 0 Å². The van der Waals surface area contributed by atoms with Gasteiger partial charge in [-0.2, -0.15) is 0 Å². The maximum atomic E-state index is 6.23. The third kappa shape index (κ3) is 6.66. The molecule has 0 unspecified atom stereocenters. The van der Waals surface area contributed by atoms with Crippen molar-refractivity contribution < 1.29 is 9.47 Å². The summed E-state index contributed by atoms with van der Waals surface area (Å²) < 4.78 is 11.5. The van der Waals surface area contributed by atoms with E-state index >= 15 is 0 Å². The van der Waals surface area contributed by atoms with Crippen LogP contribution in [0, 0.1) is 0 Å². The Kier molecular flexibility index (Phi) is 8.44. The smallest absolute Gasteiger partial charge is 0.161 e. The van der Waals surface area contributed by atoms with Crippen molar-refractivity contribution in [1.82, 2.24) is 5.32 Å². The van der Waals surface area contributed by atoms with Crippen LogP contribution in [-0.2, 0) is 19.6 Å². The van der Waals surface area contributed by atoms with Crippen molar-refractivity contribution in [2.24, 2.45) is 0 Å². The normalized spacial score (nSPS) is 11.9. The summed E-state index contributed by atoms with van der Waals surface area (Å²) in [6.07, 6.45) is 2.16. The van der Waals surface area contributed by atoms with Gasteiger partial charge in [0.15, 0.2) is 11.5 Å². The molecule has 0 fully saturated rings. The highest BCUT2D eigenvalue weighted by molar-refractivity contribution is 6.35. The first-order valence-corrected chi connectivity index (χ1v) is 10.8. The van der Waals surface area contributed by atoms with E-state index in [2.05, 4.69) is 48.6 Å². The standard InChI is InChI=1S/C25H27Cl2NO2/c1-18(8-9-19-6-4-3-5-7-19)28-16-20-10-13-24(25(14-20)29-2)30-17-21-11-12-22(26)15-23(21)27/h3-7,10-15,18,28H,8-9,16-17H2,1-2H3/t18-/m0/s1. The molecule has 0 heterocycles. The molecule has 3 nitrogen and oxygen atoms in total. The van der Waals surface area contributed by atoms with Crippen molar-refractivity contribution in [2.45, 2.75) is 39.0 Å². The van der Waals surface area contributed by atoms with Crippen molar-refractivity contribution in [2.75, 3.05) is 7.11 Å². The lowest BCUT2D eigenvalue weighted by Crippen LogP contribution is -2.26. The summed E-state index contributed by atoms with van der Waals surface area (Å²) >= 11 is 12.2. The summed E-state index contributed by atoms with van der Waals surface area (Å²) in [6, 6.07) is 22.4. The van der Waals surface area contributed by atoms with Crippen LogP contribution in [0.25, 0.3) is 0 Å². The molecule has 0 aliphatic rings. The van der Waals surface area contributed by atoms with Crippen molar-refractivity contribution >= 4 is 23.2 Å². The van der Waals surface area contributed by atoms with Crippen LogP contribution in [0.15, 0.2) is 66.7 Å². The lowest BCUT2D eigenvalue weighted by molar-refractivity contribution is 0.284. The van der Waals surface area contributed by atoms with Crippen LogP contribution in [0.1, 0.15) is 30.0 Å². The van der Waals surface area contributed by atoms with Crippen LogP contribution >= 0.6 is 23.2 Å². The first-order chi connectivity index (χ1) is 14.5. The second-order valence-corrected chi connectivity index (χ2v) is 8.16. The predicted octanol–water partition coefficient (Wildman–Crippen LogP) is 6.69. The zero-order valence-corrected chi connectivity index (χ0v) is 18.8. The van der Waals surface area contributed by atoms with E-state index in [0.29, 0.717) is 34.2 Å². The third-order valence-electron chi connectivity index (χ3n) is 4.99. The summed E-state index contributed by atoms with van der Waals surface area (Å²) in [6.45, 7) is 3.34. The Labute approximate surface area is 188 Å². The van der Waals surface area contributed by atoms with E-state index in [0.717, 1.165) is 30.5 Å². The Balaban J connectivity index is 1.53. The fourth-order valence-electron chi connectivity index (χ4n) is 3.16. The van der Waals surface area contributed by atoms with Crippen molar-refractivity contribution in [3.05, 3.63) is 93.5 Å². The van der Waals surface area contributed by atoms with Crippen molar-refractivity contribution in [1.29, 1.82) is 0 Å².